The first-order chi connectivity index (χ1) is 13.4. The SMILES string of the molecule is Cc1nnc(S/C(=C/c2cc([N+](=O)[O-])ccc2N2CCCCCC2)C(=O)O)o1. The van der Waals surface area contributed by atoms with Crippen molar-refractivity contribution in [2.75, 3.05) is 18.0 Å². The summed E-state index contributed by atoms with van der Waals surface area (Å²) in [6.45, 7) is 3.27. The maximum atomic E-state index is 11.7. The molecule has 1 fully saturated rings. The third kappa shape index (κ3) is 4.89. The van der Waals surface area contributed by atoms with Crippen molar-refractivity contribution >= 4 is 35.2 Å². The van der Waals surface area contributed by atoms with Gasteiger partial charge in [0.05, 0.1) is 4.92 Å². The molecule has 0 atom stereocenters. The molecule has 9 nitrogen and oxygen atoms in total. The van der Waals surface area contributed by atoms with Gasteiger partial charge in [0.1, 0.15) is 4.91 Å². The fourth-order valence-electron chi connectivity index (χ4n) is 3.06. The topological polar surface area (TPSA) is 123 Å². The Labute approximate surface area is 165 Å². The molecule has 28 heavy (non-hydrogen) atoms. The van der Waals surface area contributed by atoms with Crippen LogP contribution in [0.1, 0.15) is 37.1 Å². The molecule has 0 radical (unpaired) electrons. The molecule has 0 aliphatic carbocycles. The minimum Gasteiger partial charge on any atom is -0.477 e. The summed E-state index contributed by atoms with van der Waals surface area (Å²) in [4.78, 5) is 24.6. The number of hydrogen-bond donors (Lipinski definition) is 1. The molecule has 1 N–H and O–H groups in total. The molecule has 1 saturated heterocycles. The van der Waals surface area contributed by atoms with Gasteiger partial charge in [-0.2, -0.15) is 0 Å². The quantitative estimate of drug-likeness (QED) is 0.330. The van der Waals surface area contributed by atoms with Crippen LogP contribution in [0.15, 0.2) is 32.7 Å². The van der Waals surface area contributed by atoms with E-state index in [1.807, 2.05) is 0 Å². The van der Waals surface area contributed by atoms with E-state index < -0.39 is 10.9 Å². The van der Waals surface area contributed by atoms with Crippen molar-refractivity contribution in [2.24, 2.45) is 0 Å². The van der Waals surface area contributed by atoms with E-state index in [2.05, 4.69) is 15.1 Å². The molecular weight excluding hydrogens is 384 g/mol. The summed E-state index contributed by atoms with van der Waals surface area (Å²) in [5, 5.41) is 28.4. The summed E-state index contributed by atoms with van der Waals surface area (Å²) < 4.78 is 5.24. The number of aliphatic carboxylic acids is 1. The van der Waals surface area contributed by atoms with E-state index in [1.54, 1.807) is 13.0 Å². The fraction of sp³-hybridized carbons (Fsp3) is 0.389. The highest BCUT2D eigenvalue weighted by Crippen LogP contribution is 2.33. The largest absolute Gasteiger partial charge is 0.477 e. The van der Waals surface area contributed by atoms with Crippen LogP contribution in [0.5, 0.6) is 0 Å². The van der Waals surface area contributed by atoms with Crippen molar-refractivity contribution in [3.8, 4) is 0 Å². The zero-order valence-corrected chi connectivity index (χ0v) is 16.1. The molecule has 148 valence electrons. The third-order valence-corrected chi connectivity index (χ3v) is 5.22. The van der Waals surface area contributed by atoms with E-state index in [0.29, 0.717) is 11.5 Å². The molecule has 0 amide bonds. The molecule has 10 heteroatoms. The van der Waals surface area contributed by atoms with Crippen LogP contribution in [0, 0.1) is 17.0 Å². The zero-order valence-electron chi connectivity index (χ0n) is 15.3. The minimum absolute atomic E-state index is 0.0554. The summed E-state index contributed by atoms with van der Waals surface area (Å²) >= 11 is 0.819. The van der Waals surface area contributed by atoms with E-state index in [4.69, 9.17) is 4.42 Å². The molecule has 0 unspecified atom stereocenters. The number of rotatable bonds is 6. The third-order valence-electron chi connectivity index (χ3n) is 4.37. The van der Waals surface area contributed by atoms with Gasteiger partial charge in [-0.3, -0.25) is 10.1 Å². The highest BCUT2D eigenvalue weighted by molar-refractivity contribution is 8.03. The smallest absolute Gasteiger partial charge is 0.342 e. The van der Waals surface area contributed by atoms with Crippen LogP contribution in [0.25, 0.3) is 6.08 Å². The maximum Gasteiger partial charge on any atom is 0.342 e. The average Bonchev–Trinajstić information content (AvgIpc) is 2.90. The number of nitro groups is 1. The van der Waals surface area contributed by atoms with Crippen LogP contribution in [0.3, 0.4) is 0 Å². The van der Waals surface area contributed by atoms with Crippen molar-refractivity contribution in [2.45, 2.75) is 37.8 Å². The van der Waals surface area contributed by atoms with Crippen LogP contribution < -0.4 is 4.90 Å². The number of carboxylic acids is 1. The number of aryl methyl sites for hydroxylation is 1. The van der Waals surface area contributed by atoms with Gasteiger partial charge in [0.25, 0.3) is 10.9 Å². The minimum atomic E-state index is -1.17. The Morgan fingerprint density at radius 1 is 1.29 bits per heavy atom. The van der Waals surface area contributed by atoms with Crippen molar-refractivity contribution in [1.29, 1.82) is 0 Å². The molecule has 1 aliphatic heterocycles. The zero-order chi connectivity index (χ0) is 20.1. The predicted octanol–water partition coefficient (Wildman–Crippen LogP) is 3.88. The van der Waals surface area contributed by atoms with Gasteiger partial charge >= 0.3 is 5.97 Å². The van der Waals surface area contributed by atoms with Gasteiger partial charge in [-0.25, -0.2) is 4.79 Å². The number of aromatic nitrogens is 2. The second-order valence-electron chi connectivity index (χ2n) is 6.40. The Morgan fingerprint density at radius 2 is 2.00 bits per heavy atom. The van der Waals surface area contributed by atoms with E-state index in [1.165, 1.54) is 18.2 Å². The van der Waals surface area contributed by atoms with Gasteiger partial charge in [-0.05, 0) is 36.7 Å². The molecular formula is C18H20N4O5S. The number of carboxylic acid groups (broad SMARTS) is 1. The van der Waals surface area contributed by atoms with Crippen LogP contribution in [0.2, 0.25) is 0 Å². The second kappa shape index (κ2) is 8.87. The fourth-order valence-corrected chi connectivity index (χ4v) is 3.77. The Hall–Kier alpha value is -2.88. The van der Waals surface area contributed by atoms with E-state index in [-0.39, 0.29) is 15.8 Å². The lowest BCUT2D eigenvalue weighted by molar-refractivity contribution is -0.384. The van der Waals surface area contributed by atoms with Crippen LogP contribution in [0.4, 0.5) is 11.4 Å². The Kier molecular flexibility index (Phi) is 6.30. The van der Waals surface area contributed by atoms with Crippen LogP contribution in [-0.4, -0.2) is 39.3 Å². The molecule has 2 aromatic rings. The molecule has 0 spiro atoms. The summed E-state index contributed by atoms with van der Waals surface area (Å²) in [6.07, 6.45) is 5.77. The summed E-state index contributed by atoms with van der Waals surface area (Å²) in [5.41, 5.74) is 1.18. The maximum absolute atomic E-state index is 11.7. The highest BCUT2D eigenvalue weighted by Gasteiger charge is 2.20. The lowest BCUT2D eigenvalue weighted by atomic mass is 10.1. The molecule has 1 aromatic heterocycles. The first-order valence-electron chi connectivity index (χ1n) is 8.90. The molecule has 0 bridgehead atoms. The normalized spacial score (nSPS) is 15.3. The lowest BCUT2D eigenvalue weighted by Crippen LogP contribution is -2.24. The number of benzene rings is 1. The van der Waals surface area contributed by atoms with Gasteiger partial charge in [-0.1, -0.05) is 12.8 Å². The number of hydrogen-bond acceptors (Lipinski definition) is 8. The van der Waals surface area contributed by atoms with Gasteiger partial charge in [0, 0.05) is 43.4 Å². The van der Waals surface area contributed by atoms with Crippen LogP contribution in [-0.2, 0) is 4.79 Å². The summed E-state index contributed by atoms with van der Waals surface area (Å²) in [6, 6.07) is 4.55. The predicted molar refractivity (Wildman–Crippen MR) is 104 cm³/mol. The standard InChI is InChI=1S/C18H20N4O5S/c1-12-19-20-18(27-12)28-16(17(23)24)11-13-10-14(22(25)26)6-7-15(13)21-8-4-2-3-5-9-21/h6-7,10-11H,2-5,8-9H2,1H3,(H,23,24)/b16-11+. The van der Waals surface area contributed by atoms with Gasteiger partial charge < -0.3 is 14.4 Å². The number of nitro benzene ring substituents is 1. The van der Waals surface area contributed by atoms with E-state index in [9.17, 15) is 20.0 Å². The number of nitrogens with zero attached hydrogens (tertiary/aromatic N) is 4. The van der Waals surface area contributed by atoms with E-state index in [0.717, 1.165) is 56.2 Å². The molecule has 1 aliphatic rings. The first-order valence-corrected chi connectivity index (χ1v) is 9.72. The van der Waals surface area contributed by atoms with Crippen molar-refractivity contribution in [1.82, 2.24) is 10.2 Å². The number of non-ortho nitro benzene ring substituents is 1. The molecule has 0 saturated carbocycles. The first kappa shape index (κ1) is 19.9. The van der Waals surface area contributed by atoms with E-state index >= 15 is 0 Å². The highest BCUT2D eigenvalue weighted by atomic mass is 32.2. The number of thioether (sulfide) groups is 1. The number of carbonyl (C=O) groups is 1. The monoisotopic (exact) mass is 404 g/mol. The Balaban J connectivity index is 2.02. The van der Waals surface area contributed by atoms with Crippen molar-refractivity contribution in [3.05, 3.63) is 44.7 Å². The molecule has 3 rings (SSSR count). The lowest BCUT2D eigenvalue weighted by Gasteiger charge is -2.24. The molecule has 1 aromatic carbocycles. The summed E-state index contributed by atoms with van der Waals surface area (Å²) in [5.74, 6) is -0.845. The Morgan fingerprint density at radius 3 is 2.57 bits per heavy atom. The average molecular weight is 404 g/mol. The van der Waals surface area contributed by atoms with Gasteiger partial charge in [0.2, 0.25) is 5.89 Å². The Bertz CT molecular complexity index is 903. The van der Waals surface area contributed by atoms with Crippen molar-refractivity contribution in [3.63, 3.8) is 0 Å². The second-order valence-corrected chi connectivity index (χ2v) is 7.40. The van der Waals surface area contributed by atoms with Gasteiger partial charge in [0.15, 0.2) is 0 Å². The van der Waals surface area contributed by atoms with Gasteiger partial charge in [-0.15, -0.1) is 10.2 Å². The van der Waals surface area contributed by atoms with Crippen molar-refractivity contribution < 1.29 is 19.2 Å². The molecule has 2 heterocycles. The summed E-state index contributed by atoms with van der Waals surface area (Å²) in [7, 11) is 0. The van der Waals surface area contributed by atoms with Crippen LogP contribution >= 0.6 is 11.8 Å². The number of anilines is 1.